The van der Waals surface area contributed by atoms with Gasteiger partial charge in [0.2, 0.25) is 0 Å². The summed E-state index contributed by atoms with van der Waals surface area (Å²) in [5, 5.41) is 0. The minimum Gasteiger partial charge on any atom is -0.330 e. The molecule has 0 saturated carbocycles. The molecule has 2 aromatic heterocycles. The van der Waals surface area contributed by atoms with Gasteiger partial charge in [0.25, 0.3) is 0 Å². The van der Waals surface area contributed by atoms with Crippen molar-refractivity contribution in [1.82, 2.24) is 9.38 Å². The highest BCUT2D eigenvalue weighted by atomic mass is 32.1. The fraction of sp³-hybridized carbons (Fsp3) is 0.500. The third-order valence-corrected chi connectivity index (χ3v) is 3.55. The molecule has 14 heavy (non-hydrogen) atoms. The summed E-state index contributed by atoms with van der Waals surface area (Å²) in [5.41, 5.74) is 7.93. The van der Waals surface area contributed by atoms with Gasteiger partial charge in [0.1, 0.15) is 0 Å². The summed E-state index contributed by atoms with van der Waals surface area (Å²) in [6.45, 7) is 5.00. The Morgan fingerprint density at radius 2 is 2.29 bits per heavy atom. The zero-order valence-electron chi connectivity index (χ0n) is 8.58. The second kappa shape index (κ2) is 3.71. The van der Waals surface area contributed by atoms with Crippen molar-refractivity contribution in [1.29, 1.82) is 0 Å². The Morgan fingerprint density at radius 3 is 2.93 bits per heavy atom. The zero-order valence-corrected chi connectivity index (χ0v) is 9.40. The van der Waals surface area contributed by atoms with Crippen LogP contribution in [0.3, 0.4) is 0 Å². The van der Waals surface area contributed by atoms with Crippen molar-refractivity contribution in [3.63, 3.8) is 0 Å². The predicted octanol–water partition coefficient (Wildman–Crippen LogP) is 1.90. The number of nitrogens with two attached hydrogens (primary N) is 1. The lowest BCUT2D eigenvalue weighted by Gasteiger charge is -1.92. The Labute approximate surface area is 87.6 Å². The average molecular weight is 209 g/mol. The number of rotatable bonds is 3. The average Bonchev–Trinajstić information content (AvgIpc) is 2.66. The van der Waals surface area contributed by atoms with Gasteiger partial charge in [-0.3, -0.25) is 4.40 Å². The summed E-state index contributed by atoms with van der Waals surface area (Å²) in [4.78, 5) is 7.01. The van der Waals surface area contributed by atoms with Crippen LogP contribution in [0.2, 0.25) is 0 Å². The molecule has 2 rings (SSSR count). The van der Waals surface area contributed by atoms with Crippen LogP contribution in [0.15, 0.2) is 6.20 Å². The third-order valence-electron chi connectivity index (χ3n) is 2.48. The predicted molar refractivity (Wildman–Crippen MR) is 59.9 cm³/mol. The molecular weight excluding hydrogens is 194 g/mol. The maximum Gasteiger partial charge on any atom is 0.194 e. The summed E-state index contributed by atoms with van der Waals surface area (Å²) in [7, 11) is 0. The van der Waals surface area contributed by atoms with E-state index >= 15 is 0 Å². The van der Waals surface area contributed by atoms with Crippen molar-refractivity contribution < 1.29 is 0 Å². The zero-order chi connectivity index (χ0) is 10.1. The molecule has 0 spiro atoms. The largest absolute Gasteiger partial charge is 0.330 e. The van der Waals surface area contributed by atoms with Crippen molar-refractivity contribution in [3.8, 4) is 0 Å². The van der Waals surface area contributed by atoms with Gasteiger partial charge in [-0.05, 0) is 33.2 Å². The lowest BCUT2D eigenvalue weighted by Crippen LogP contribution is -2.00. The highest BCUT2D eigenvalue weighted by molar-refractivity contribution is 7.17. The number of fused-ring (bicyclic) bond motifs is 1. The molecule has 0 atom stereocenters. The van der Waals surface area contributed by atoms with Crippen LogP contribution in [0, 0.1) is 13.8 Å². The van der Waals surface area contributed by atoms with Crippen LogP contribution < -0.4 is 5.73 Å². The first-order chi connectivity index (χ1) is 6.72. The van der Waals surface area contributed by atoms with Crippen molar-refractivity contribution in [2.75, 3.05) is 6.54 Å². The summed E-state index contributed by atoms with van der Waals surface area (Å²) in [6.07, 6.45) is 4.13. The van der Waals surface area contributed by atoms with Crippen molar-refractivity contribution in [2.45, 2.75) is 26.7 Å². The first-order valence-corrected chi connectivity index (χ1v) is 5.68. The summed E-state index contributed by atoms with van der Waals surface area (Å²) < 4.78 is 2.17. The normalized spacial score (nSPS) is 11.4. The Hall–Kier alpha value is -0.870. The molecule has 3 nitrogen and oxygen atoms in total. The molecule has 0 fully saturated rings. The molecule has 0 unspecified atom stereocenters. The van der Waals surface area contributed by atoms with Gasteiger partial charge in [0.15, 0.2) is 4.96 Å². The number of thiazole rings is 1. The van der Waals surface area contributed by atoms with E-state index in [2.05, 4.69) is 29.4 Å². The van der Waals surface area contributed by atoms with Gasteiger partial charge >= 0.3 is 0 Å². The van der Waals surface area contributed by atoms with Crippen molar-refractivity contribution >= 4 is 16.3 Å². The standard InChI is InChI=1S/C10H15N3S/c1-7-8(2)14-10-12-9(4-3-5-11)6-13(7)10/h6H,3-5,11H2,1-2H3. The second-order valence-corrected chi connectivity index (χ2v) is 4.70. The van der Waals surface area contributed by atoms with Crippen molar-refractivity contribution in [3.05, 3.63) is 22.5 Å². The Kier molecular flexibility index (Phi) is 2.56. The van der Waals surface area contributed by atoms with E-state index in [0.717, 1.165) is 30.0 Å². The fourth-order valence-electron chi connectivity index (χ4n) is 1.51. The molecular formula is C10H15N3S. The first kappa shape index (κ1) is 9.68. The van der Waals surface area contributed by atoms with Gasteiger partial charge in [0, 0.05) is 16.8 Å². The monoisotopic (exact) mass is 209 g/mol. The number of hydrogen-bond donors (Lipinski definition) is 1. The number of aryl methyl sites for hydroxylation is 3. The van der Waals surface area contributed by atoms with E-state index < -0.39 is 0 Å². The minimum absolute atomic E-state index is 0.739. The van der Waals surface area contributed by atoms with E-state index in [-0.39, 0.29) is 0 Å². The van der Waals surface area contributed by atoms with Crippen molar-refractivity contribution in [2.24, 2.45) is 5.73 Å². The number of hydrogen-bond acceptors (Lipinski definition) is 3. The smallest absolute Gasteiger partial charge is 0.194 e. The molecule has 0 aromatic carbocycles. The van der Waals surface area contributed by atoms with Gasteiger partial charge in [-0.15, -0.1) is 11.3 Å². The topological polar surface area (TPSA) is 43.3 Å². The summed E-state index contributed by atoms with van der Waals surface area (Å²) in [6, 6.07) is 0. The maximum absolute atomic E-state index is 5.47. The molecule has 0 aliphatic carbocycles. The Balaban J connectivity index is 2.34. The van der Waals surface area contributed by atoms with Gasteiger partial charge in [-0.25, -0.2) is 4.98 Å². The van der Waals surface area contributed by atoms with E-state index in [4.69, 9.17) is 5.73 Å². The quantitative estimate of drug-likeness (QED) is 0.839. The van der Waals surface area contributed by atoms with E-state index in [1.54, 1.807) is 11.3 Å². The SMILES string of the molecule is Cc1sc2nc(CCCN)cn2c1C. The number of imidazole rings is 1. The molecule has 4 heteroatoms. The fourth-order valence-corrected chi connectivity index (χ4v) is 2.48. The van der Waals surface area contributed by atoms with Crippen LogP contribution >= 0.6 is 11.3 Å². The van der Waals surface area contributed by atoms with Crippen LogP contribution in [-0.2, 0) is 6.42 Å². The van der Waals surface area contributed by atoms with Crippen LogP contribution in [0.1, 0.15) is 22.7 Å². The highest BCUT2D eigenvalue weighted by Gasteiger charge is 2.07. The Bertz CT molecular complexity index is 441. The van der Waals surface area contributed by atoms with Gasteiger partial charge in [-0.1, -0.05) is 0 Å². The highest BCUT2D eigenvalue weighted by Crippen LogP contribution is 2.21. The molecule has 2 N–H and O–H groups in total. The molecule has 2 heterocycles. The molecule has 0 saturated heterocycles. The van der Waals surface area contributed by atoms with Gasteiger partial charge in [-0.2, -0.15) is 0 Å². The van der Waals surface area contributed by atoms with Gasteiger partial charge < -0.3 is 5.73 Å². The van der Waals surface area contributed by atoms with E-state index in [0.29, 0.717) is 0 Å². The third kappa shape index (κ3) is 1.55. The van der Waals surface area contributed by atoms with Crippen LogP contribution in [0.4, 0.5) is 0 Å². The molecule has 0 amide bonds. The molecule has 76 valence electrons. The number of aromatic nitrogens is 2. The van der Waals surface area contributed by atoms with Crippen LogP contribution in [0.5, 0.6) is 0 Å². The minimum atomic E-state index is 0.739. The first-order valence-electron chi connectivity index (χ1n) is 4.86. The molecule has 0 radical (unpaired) electrons. The lowest BCUT2D eigenvalue weighted by molar-refractivity contribution is 0.816. The second-order valence-electron chi connectivity index (χ2n) is 3.52. The Morgan fingerprint density at radius 1 is 1.50 bits per heavy atom. The van der Waals surface area contributed by atoms with E-state index in [1.807, 2.05) is 0 Å². The van der Waals surface area contributed by atoms with E-state index in [1.165, 1.54) is 10.6 Å². The number of nitrogens with zero attached hydrogens (tertiary/aromatic N) is 2. The summed E-state index contributed by atoms with van der Waals surface area (Å²) in [5.74, 6) is 0. The van der Waals surface area contributed by atoms with Crippen LogP contribution in [-0.4, -0.2) is 15.9 Å². The van der Waals surface area contributed by atoms with Gasteiger partial charge in [0.05, 0.1) is 5.69 Å². The van der Waals surface area contributed by atoms with Crippen LogP contribution in [0.25, 0.3) is 4.96 Å². The lowest BCUT2D eigenvalue weighted by atomic mass is 10.2. The summed E-state index contributed by atoms with van der Waals surface area (Å²) >= 11 is 1.75. The maximum atomic E-state index is 5.47. The molecule has 2 aromatic rings. The molecule has 0 aliphatic heterocycles. The molecule has 0 bridgehead atoms. The van der Waals surface area contributed by atoms with E-state index in [9.17, 15) is 0 Å². The molecule has 0 aliphatic rings.